The Kier molecular flexibility index (Phi) is 7.35. The highest BCUT2D eigenvalue weighted by Gasteiger charge is 1.98. The minimum absolute atomic E-state index is 0.781. The summed E-state index contributed by atoms with van der Waals surface area (Å²) in [5.41, 5.74) is 1.05. The minimum atomic E-state index is 0.781. The number of pyridine rings is 1. The van der Waals surface area contributed by atoms with E-state index >= 15 is 0 Å². The van der Waals surface area contributed by atoms with Crippen molar-refractivity contribution in [3.63, 3.8) is 0 Å². The van der Waals surface area contributed by atoms with Gasteiger partial charge >= 0.3 is 0 Å². The Bertz CT molecular complexity index is 322. The Morgan fingerprint density at radius 1 is 1.41 bits per heavy atom. The predicted molar refractivity (Wildman–Crippen MR) is 73.0 cm³/mol. The molecule has 0 unspecified atom stereocenters. The number of likely N-dealkylation sites (N-methyl/N-ethyl adjacent to an activating group) is 1. The number of halogens is 1. The Balaban J connectivity index is 2.11. The smallest absolute Gasteiger partial charge is 0.106 e. The molecule has 0 aliphatic carbocycles. The molecule has 0 fully saturated rings. The van der Waals surface area contributed by atoms with Crippen molar-refractivity contribution in [2.45, 2.75) is 6.54 Å². The second-order valence-electron chi connectivity index (χ2n) is 3.92. The SMILES string of the molecule is COCCN(C)CCNCc1cccc(Br)n1. The standard InChI is InChI=1S/C12H20BrN3O/c1-16(8-9-17-2)7-6-14-10-11-4-3-5-12(13)15-11/h3-5,14H,6-10H2,1-2H3. The van der Waals surface area contributed by atoms with Gasteiger partial charge in [0.05, 0.1) is 12.3 Å². The van der Waals surface area contributed by atoms with Crippen molar-refractivity contribution < 1.29 is 4.74 Å². The highest BCUT2D eigenvalue weighted by Crippen LogP contribution is 2.05. The number of nitrogens with one attached hydrogen (secondary N) is 1. The van der Waals surface area contributed by atoms with Crippen LogP contribution in [0.2, 0.25) is 0 Å². The largest absolute Gasteiger partial charge is 0.383 e. The molecule has 1 heterocycles. The molecule has 0 saturated heterocycles. The summed E-state index contributed by atoms with van der Waals surface area (Å²) in [6, 6.07) is 5.95. The minimum Gasteiger partial charge on any atom is -0.383 e. The molecule has 0 atom stereocenters. The molecule has 0 aliphatic heterocycles. The number of nitrogens with zero attached hydrogens (tertiary/aromatic N) is 2. The molecule has 17 heavy (non-hydrogen) atoms. The fourth-order valence-electron chi connectivity index (χ4n) is 1.39. The highest BCUT2D eigenvalue weighted by atomic mass is 79.9. The van der Waals surface area contributed by atoms with Crippen LogP contribution in [0, 0.1) is 0 Å². The lowest BCUT2D eigenvalue weighted by atomic mass is 10.3. The summed E-state index contributed by atoms with van der Waals surface area (Å²) in [4.78, 5) is 6.60. The van der Waals surface area contributed by atoms with Gasteiger partial charge in [0.15, 0.2) is 0 Å². The van der Waals surface area contributed by atoms with Gasteiger partial charge in [0, 0.05) is 33.3 Å². The molecular formula is C12H20BrN3O. The van der Waals surface area contributed by atoms with Gasteiger partial charge in [-0.1, -0.05) is 6.07 Å². The van der Waals surface area contributed by atoms with Crippen LogP contribution in [0.3, 0.4) is 0 Å². The van der Waals surface area contributed by atoms with Crippen LogP contribution in [0.5, 0.6) is 0 Å². The molecule has 5 heteroatoms. The number of hydrogen-bond donors (Lipinski definition) is 1. The first-order chi connectivity index (χ1) is 8.22. The van der Waals surface area contributed by atoms with E-state index in [9.17, 15) is 0 Å². The van der Waals surface area contributed by atoms with Gasteiger partial charge < -0.3 is 15.0 Å². The van der Waals surface area contributed by atoms with Gasteiger partial charge in [0.1, 0.15) is 4.60 Å². The fraction of sp³-hybridized carbons (Fsp3) is 0.583. The Labute approximate surface area is 111 Å². The second kappa shape index (κ2) is 8.58. The molecule has 0 amide bonds. The van der Waals surface area contributed by atoms with E-state index in [1.165, 1.54) is 0 Å². The van der Waals surface area contributed by atoms with E-state index in [1.807, 2.05) is 18.2 Å². The van der Waals surface area contributed by atoms with E-state index < -0.39 is 0 Å². The van der Waals surface area contributed by atoms with Crippen molar-refractivity contribution in [1.29, 1.82) is 0 Å². The molecule has 1 aromatic rings. The normalized spacial score (nSPS) is 11.1. The van der Waals surface area contributed by atoms with Gasteiger partial charge in [0.25, 0.3) is 0 Å². The molecule has 1 aromatic heterocycles. The number of ether oxygens (including phenoxy) is 1. The Hall–Kier alpha value is -0.490. The predicted octanol–water partition coefficient (Wildman–Crippen LogP) is 1.51. The average molecular weight is 302 g/mol. The maximum Gasteiger partial charge on any atom is 0.106 e. The van der Waals surface area contributed by atoms with Crippen LogP contribution >= 0.6 is 15.9 Å². The summed E-state index contributed by atoms with van der Waals surface area (Å²) in [7, 11) is 3.82. The van der Waals surface area contributed by atoms with Gasteiger partial charge in [-0.25, -0.2) is 4.98 Å². The fourth-order valence-corrected chi connectivity index (χ4v) is 1.77. The number of hydrogen-bond acceptors (Lipinski definition) is 4. The highest BCUT2D eigenvalue weighted by molar-refractivity contribution is 9.10. The molecule has 0 aliphatic rings. The Morgan fingerprint density at radius 2 is 2.24 bits per heavy atom. The molecule has 1 rings (SSSR count). The van der Waals surface area contributed by atoms with Gasteiger partial charge in [-0.15, -0.1) is 0 Å². The molecule has 4 nitrogen and oxygen atoms in total. The summed E-state index contributed by atoms with van der Waals surface area (Å²) < 4.78 is 5.91. The number of methoxy groups -OCH3 is 1. The average Bonchev–Trinajstić information content (AvgIpc) is 2.32. The van der Waals surface area contributed by atoms with Gasteiger partial charge in [-0.2, -0.15) is 0 Å². The van der Waals surface area contributed by atoms with E-state index in [1.54, 1.807) is 7.11 Å². The van der Waals surface area contributed by atoms with Gasteiger partial charge in [-0.3, -0.25) is 0 Å². The van der Waals surface area contributed by atoms with Crippen molar-refractivity contribution >= 4 is 15.9 Å². The third-order valence-electron chi connectivity index (χ3n) is 2.43. The van der Waals surface area contributed by atoms with Crippen molar-refractivity contribution in [1.82, 2.24) is 15.2 Å². The third kappa shape index (κ3) is 6.73. The van der Waals surface area contributed by atoms with Crippen molar-refractivity contribution in [2.24, 2.45) is 0 Å². The summed E-state index contributed by atoms with van der Waals surface area (Å²) in [5.74, 6) is 0. The van der Waals surface area contributed by atoms with E-state index in [0.717, 1.165) is 43.1 Å². The number of aromatic nitrogens is 1. The monoisotopic (exact) mass is 301 g/mol. The van der Waals surface area contributed by atoms with Crippen LogP contribution in [0.15, 0.2) is 22.8 Å². The molecule has 0 bridgehead atoms. The first kappa shape index (κ1) is 14.6. The molecule has 0 spiro atoms. The van der Waals surface area contributed by atoms with Crippen LogP contribution in [0.1, 0.15) is 5.69 Å². The van der Waals surface area contributed by atoms with Gasteiger partial charge in [0.2, 0.25) is 0 Å². The van der Waals surface area contributed by atoms with Crippen molar-refractivity contribution in [3.8, 4) is 0 Å². The summed E-state index contributed by atoms with van der Waals surface area (Å²) in [6.07, 6.45) is 0. The number of rotatable bonds is 8. The zero-order chi connectivity index (χ0) is 12.5. The summed E-state index contributed by atoms with van der Waals surface area (Å²) in [6.45, 7) is 4.51. The van der Waals surface area contributed by atoms with E-state index in [0.29, 0.717) is 0 Å². The van der Waals surface area contributed by atoms with Gasteiger partial charge in [-0.05, 0) is 35.1 Å². The van der Waals surface area contributed by atoms with Crippen molar-refractivity contribution in [2.75, 3.05) is 40.4 Å². The maximum atomic E-state index is 5.02. The lowest BCUT2D eigenvalue weighted by molar-refractivity contribution is 0.161. The van der Waals surface area contributed by atoms with E-state index in [4.69, 9.17) is 4.74 Å². The van der Waals surface area contributed by atoms with Crippen LogP contribution in [-0.2, 0) is 11.3 Å². The zero-order valence-corrected chi connectivity index (χ0v) is 12.0. The summed E-state index contributed by atoms with van der Waals surface area (Å²) in [5, 5.41) is 3.37. The zero-order valence-electron chi connectivity index (χ0n) is 10.4. The first-order valence-electron chi connectivity index (χ1n) is 5.72. The lowest BCUT2D eigenvalue weighted by Crippen LogP contribution is -2.31. The van der Waals surface area contributed by atoms with Crippen molar-refractivity contribution in [3.05, 3.63) is 28.5 Å². The third-order valence-corrected chi connectivity index (χ3v) is 2.87. The molecule has 0 aromatic carbocycles. The topological polar surface area (TPSA) is 37.4 Å². The molecule has 0 saturated carbocycles. The van der Waals surface area contributed by atoms with Crippen LogP contribution in [-0.4, -0.2) is 50.3 Å². The summed E-state index contributed by atoms with van der Waals surface area (Å²) >= 11 is 3.36. The molecule has 1 N–H and O–H groups in total. The lowest BCUT2D eigenvalue weighted by Gasteiger charge is -2.16. The van der Waals surface area contributed by atoms with E-state index in [-0.39, 0.29) is 0 Å². The molecule has 0 radical (unpaired) electrons. The quantitative estimate of drug-likeness (QED) is 0.583. The second-order valence-corrected chi connectivity index (χ2v) is 4.74. The van der Waals surface area contributed by atoms with Crippen LogP contribution in [0.25, 0.3) is 0 Å². The van der Waals surface area contributed by atoms with E-state index in [2.05, 4.69) is 38.2 Å². The van der Waals surface area contributed by atoms with Crippen LogP contribution in [0.4, 0.5) is 0 Å². The molecular weight excluding hydrogens is 282 g/mol. The maximum absolute atomic E-state index is 5.02. The first-order valence-corrected chi connectivity index (χ1v) is 6.51. The Morgan fingerprint density at radius 3 is 2.94 bits per heavy atom. The molecule has 96 valence electrons. The van der Waals surface area contributed by atoms with Crippen LogP contribution < -0.4 is 5.32 Å².